The molecule has 0 unspecified atom stereocenters. The highest BCUT2D eigenvalue weighted by molar-refractivity contribution is 14.1. The van der Waals surface area contributed by atoms with Crippen molar-refractivity contribution in [3.8, 4) is 0 Å². The van der Waals surface area contributed by atoms with E-state index < -0.39 is 0 Å². The molecule has 0 aliphatic rings. The van der Waals surface area contributed by atoms with Crippen LogP contribution in [-0.2, 0) is 0 Å². The molecule has 0 amide bonds. The van der Waals surface area contributed by atoms with Crippen molar-refractivity contribution in [1.82, 2.24) is 0 Å². The maximum atomic E-state index is 5.33. The van der Waals surface area contributed by atoms with Crippen molar-refractivity contribution in [3.63, 3.8) is 0 Å². The SMILES string of the molecule is CNc1c(I)sc(I)c1NC.CNc1cscc1NC.Nc1cscc1N. The van der Waals surface area contributed by atoms with Crippen molar-refractivity contribution < 1.29 is 0 Å². The Labute approximate surface area is 199 Å². The number of rotatable bonds is 4. The van der Waals surface area contributed by atoms with E-state index in [1.165, 1.54) is 39.9 Å². The van der Waals surface area contributed by atoms with E-state index in [0.29, 0.717) is 11.4 Å². The van der Waals surface area contributed by atoms with Gasteiger partial charge < -0.3 is 32.7 Å². The molecule has 0 aromatic carbocycles. The molecule has 11 heteroatoms. The fourth-order valence-corrected chi connectivity index (χ4v) is 7.72. The minimum Gasteiger partial charge on any atom is -0.396 e. The van der Waals surface area contributed by atoms with Gasteiger partial charge in [-0.1, -0.05) is 0 Å². The summed E-state index contributed by atoms with van der Waals surface area (Å²) >= 11 is 9.68. The first kappa shape index (κ1) is 24.4. The molecule has 3 aromatic rings. The normalized spacial score (nSPS) is 9.41. The van der Waals surface area contributed by atoms with E-state index in [4.69, 9.17) is 11.5 Å². The fraction of sp³-hybridized carbons (Fsp3) is 0.250. The topological polar surface area (TPSA) is 100 Å². The Morgan fingerprint density at radius 2 is 1.04 bits per heavy atom. The predicted molar refractivity (Wildman–Crippen MR) is 145 cm³/mol. The van der Waals surface area contributed by atoms with Crippen LogP contribution in [0, 0.1) is 5.77 Å². The van der Waals surface area contributed by atoms with E-state index in [2.05, 4.69) is 77.2 Å². The molecule has 0 atom stereocenters. The molecule has 3 rings (SSSR count). The zero-order valence-electron chi connectivity index (χ0n) is 15.4. The van der Waals surface area contributed by atoms with Gasteiger partial charge in [-0.15, -0.1) is 34.0 Å². The number of nitrogens with one attached hydrogen (secondary N) is 4. The molecule has 27 heavy (non-hydrogen) atoms. The Morgan fingerprint density at radius 1 is 0.667 bits per heavy atom. The average molecular weight is 650 g/mol. The fourth-order valence-electron chi connectivity index (χ4n) is 1.82. The van der Waals surface area contributed by atoms with Crippen LogP contribution in [0.5, 0.6) is 0 Å². The van der Waals surface area contributed by atoms with Crippen molar-refractivity contribution in [3.05, 3.63) is 27.3 Å². The third-order valence-electron chi connectivity index (χ3n) is 3.25. The standard InChI is InChI=1S/C6H8I2N2S.C6H10N2S.C4H6N2S/c1-9-3-4(10-2)6(8)11-5(3)7;1-7-5-3-9-4-6(5)8-2;5-3-1-7-2-4(3)6/h9-10H,1-2H3;3-4,7-8H,1-2H3;1-2H,5-6H2. The highest BCUT2D eigenvalue weighted by Gasteiger charge is 2.11. The van der Waals surface area contributed by atoms with Gasteiger partial charge in [-0.3, -0.25) is 0 Å². The highest BCUT2D eigenvalue weighted by atomic mass is 127. The van der Waals surface area contributed by atoms with Crippen LogP contribution < -0.4 is 32.7 Å². The van der Waals surface area contributed by atoms with Crippen LogP contribution in [0.1, 0.15) is 0 Å². The summed E-state index contributed by atoms with van der Waals surface area (Å²) in [6, 6.07) is 0. The molecule has 0 spiro atoms. The summed E-state index contributed by atoms with van der Waals surface area (Å²) in [6.45, 7) is 0. The zero-order chi connectivity index (χ0) is 20.4. The molecule has 6 nitrogen and oxygen atoms in total. The van der Waals surface area contributed by atoms with Gasteiger partial charge in [-0.25, -0.2) is 0 Å². The van der Waals surface area contributed by atoms with Crippen LogP contribution in [0.3, 0.4) is 0 Å². The highest BCUT2D eigenvalue weighted by Crippen LogP contribution is 2.39. The van der Waals surface area contributed by atoms with Gasteiger partial charge in [0.05, 0.1) is 39.9 Å². The first-order valence-electron chi connectivity index (χ1n) is 7.71. The number of hydrogen-bond donors (Lipinski definition) is 6. The van der Waals surface area contributed by atoms with Gasteiger partial charge in [0.1, 0.15) is 0 Å². The minimum absolute atomic E-state index is 0.685. The quantitative estimate of drug-likeness (QED) is 0.200. The lowest BCUT2D eigenvalue weighted by atomic mass is 10.4. The molecule has 0 radical (unpaired) electrons. The van der Waals surface area contributed by atoms with Crippen LogP contribution in [0.15, 0.2) is 21.5 Å². The third kappa shape index (κ3) is 7.36. The average Bonchev–Trinajstić information content (AvgIpc) is 3.34. The molecular formula is C16H24I2N6S3. The van der Waals surface area contributed by atoms with E-state index in [0.717, 1.165) is 0 Å². The van der Waals surface area contributed by atoms with Gasteiger partial charge in [-0.05, 0) is 45.2 Å². The van der Waals surface area contributed by atoms with E-state index in [9.17, 15) is 0 Å². The lowest BCUT2D eigenvalue weighted by Crippen LogP contribution is -1.94. The zero-order valence-corrected chi connectivity index (χ0v) is 22.2. The Morgan fingerprint density at radius 3 is 1.30 bits per heavy atom. The first-order valence-corrected chi connectivity index (χ1v) is 12.6. The van der Waals surface area contributed by atoms with Crippen LogP contribution in [0.4, 0.5) is 34.1 Å². The van der Waals surface area contributed by atoms with Gasteiger partial charge in [-0.2, -0.15) is 0 Å². The largest absolute Gasteiger partial charge is 0.396 e. The number of nitrogens with two attached hydrogens (primary N) is 2. The molecule has 3 aromatic heterocycles. The van der Waals surface area contributed by atoms with Crippen LogP contribution in [0.2, 0.25) is 0 Å². The predicted octanol–water partition coefficient (Wildman–Crippen LogP) is 5.78. The van der Waals surface area contributed by atoms with Crippen molar-refractivity contribution in [2.45, 2.75) is 0 Å². The van der Waals surface area contributed by atoms with Crippen molar-refractivity contribution in [2.75, 3.05) is 60.9 Å². The number of halogens is 2. The second-order valence-corrected chi connectivity index (χ2v) is 11.0. The molecular weight excluding hydrogens is 626 g/mol. The molecule has 0 aliphatic carbocycles. The van der Waals surface area contributed by atoms with Gasteiger partial charge >= 0.3 is 0 Å². The van der Waals surface area contributed by atoms with Crippen molar-refractivity contribution in [2.24, 2.45) is 0 Å². The number of anilines is 6. The second-order valence-electron chi connectivity index (χ2n) is 4.88. The summed E-state index contributed by atoms with van der Waals surface area (Å²) in [6.07, 6.45) is 0. The van der Waals surface area contributed by atoms with Crippen molar-refractivity contribution in [1.29, 1.82) is 0 Å². The Balaban J connectivity index is 0.000000208. The number of hydrogen-bond acceptors (Lipinski definition) is 9. The van der Waals surface area contributed by atoms with Gasteiger partial charge in [0, 0.05) is 49.7 Å². The smallest absolute Gasteiger partial charge is 0.0917 e. The van der Waals surface area contributed by atoms with E-state index in [1.54, 1.807) is 22.7 Å². The molecule has 0 aliphatic heterocycles. The molecule has 8 N–H and O–H groups in total. The molecule has 0 bridgehead atoms. The van der Waals surface area contributed by atoms with E-state index in [-0.39, 0.29) is 0 Å². The minimum atomic E-state index is 0.685. The molecule has 3 heterocycles. The Hall–Kier alpha value is -0.640. The monoisotopic (exact) mass is 650 g/mol. The van der Waals surface area contributed by atoms with Gasteiger partial charge in [0.2, 0.25) is 0 Å². The summed E-state index contributed by atoms with van der Waals surface area (Å²) in [5.74, 6) is 0. The summed E-state index contributed by atoms with van der Waals surface area (Å²) < 4.78 is 2.61. The third-order valence-corrected chi connectivity index (χ3v) is 7.94. The first-order chi connectivity index (χ1) is 12.9. The number of nitrogen functional groups attached to an aromatic ring is 2. The summed E-state index contributed by atoms with van der Waals surface area (Å²) in [4.78, 5) is 0. The van der Waals surface area contributed by atoms with Crippen LogP contribution in [-0.4, -0.2) is 28.2 Å². The summed E-state index contributed by atoms with van der Waals surface area (Å²) in [5, 5.41) is 20.3. The lowest BCUT2D eigenvalue weighted by Gasteiger charge is -2.02. The van der Waals surface area contributed by atoms with Gasteiger partial charge in [0.25, 0.3) is 0 Å². The maximum Gasteiger partial charge on any atom is 0.0917 e. The van der Waals surface area contributed by atoms with Gasteiger partial charge in [0.15, 0.2) is 0 Å². The summed E-state index contributed by atoms with van der Waals surface area (Å²) in [7, 11) is 7.73. The lowest BCUT2D eigenvalue weighted by molar-refractivity contribution is 1.48. The molecule has 0 saturated carbocycles. The Kier molecular flexibility index (Phi) is 11.5. The molecule has 150 valence electrons. The van der Waals surface area contributed by atoms with E-state index in [1.807, 2.05) is 39.0 Å². The molecule has 0 fully saturated rings. The number of thiophene rings is 3. The molecule has 0 saturated heterocycles. The van der Waals surface area contributed by atoms with Crippen LogP contribution >= 0.6 is 79.2 Å². The second kappa shape index (κ2) is 12.7. The maximum absolute atomic E-state index is 5.33. The van der Waals surface area contributed by atoms with Crippen LogP contribution in [0.25, 0.3) is 0 Å². The van der Waals surface area contributed by atoms with Crippen molar-refractivity contribution >= 4 is 113 Å². The summed E-state index contributed by atoms with van der Waals surface area (Å²) in [5.41, 5.74) is 16.8. The van der Waals surface area contributed by atoms with E-state index >= 15 is 0 Å². The Bertz CT molecular complexity index is 756.